The van der Waals surface area contributed by atoms with E-state index in [2.05, 4.69) is 36.8 Å². The van der Waals surface area contributed by atoms with Gasteiger partial charge in [0, 0.05) is 22.4 Å². The molecule has 0 saturated heterocycles. The number of carbonyl (C=O) groups is 2. The summed E-state index contributed by atoms with van der Waals surface area (Å²) in [5.41, 5.74) is 1.51. The molecule has 0 atom stereocenters. The summed E-state index contributed by atoms with van der Waals surface area (Å²) < 4.78 is 1.05. The van der Waals surface area contributed by atoms with Gasteiger partial charge in [-0.3, -0.25) is 14.7 Å². The molecule has 0 radical (unpaired) electrons. The second-order valence-corrected chi connectivity index (χ2v) is 7.75. The van der Waals surface area contributed by atoms with Crippen molar-refractivity contribution in [1.29, 1.82) is 0 Å². The highest BCUT2D eigenvalue weighted by Crippen LogP contribution is 2.23. The number of hydrogen-bond acceptors (Lipinski definition) is 4. The first-order chi connectivity index (χ1) is 11.6. The molecule has 0 saturated carbocycles. The van der Waals surface area contributed by atoms with E-state index >= 15 is 0 Å². The molecule has 2 heterocycles. The minimum Gasteiger partial charge on any atom is -0.347 e. The first-order valence-electron chi connectivity index (χ1n) is 7.34. The van der Waals surface area contributed by atoms with Crippen LogP contribution in [0.3, 0.4) is 0 Å². The summed E-state index contributed by atoms with van der Waals surface area (Å²) in [7, 11) is 0. The Kier molecular flexibility index (Phi) is 5.27. The van der Waals surface area contributed by atoms with Crippen LogP contribution in [0.1, 0.15) is 11.3 Å². The topological polar surface area (TPSA) is 86.9 Å². The van der Waals surface area contributed by atoms with E-state index in [4.69, 9.17) is 0 Å². The second kappa shape index (κ2) is 7.59. The van der Waals surface area contributed by atoms with Gasteiger partial charge in [0.05, 0.1) is 22.0 Å². The highest BCUT2D eigenvalue weighted by molar-refractivity contribution is 9.11. The first-order valence-corrected chi connectivity index (χ1v) is 8.95. The number of nitrogens with one attached hydrogen (secondary N) is 3. The number of aryl methyl sites for hydroxylation is 1. The average Bonchev–Trinajstić information content (AvgIpc) is 3.19. The van der Waals surface area contributed by atoms with Crippen LogP contribution in [0.25, 0.3) is 10.9 Å². The summed E-state index contributed by atoms with van der Waals surface area (Å²) in [4.78, 5) is 24.9. The molecule has 0 aliphatic carbocycles. The zero-order valence-electron chi connectivity index (χ0n) is 12.6. The predicted molar refractivity (Wildman–Crippen MR) is 98.1 cm³/mol. The number of amides is 2. The van der Waals surface area contributed by atoms with Crippen molar-refractivity contribution in [3.05, 3.63) is 45.2 Å². The fourth-order valence-electron chi connectivity index (χ4n) is 2.21. The van der Waals surface area contributed by atoms with E-state index in [1.807, 2.05) is 18.2 Å². The Hall–Kier alpha value is -2.19. The third-order valence-electron chi connectivity index (χ3n) is 3.40. The number of aromatic nitrogens is 2. The quantitative estimate of drug-likeness (QED) is 0.587. The molecule has 0 aliphatic heterocycles. The van der Waals surface area contributed by atoms with Crippen LogP contribution in [0, 0.1) is 0 Å². The zero-order valence-corrected chi connectivity index (χ0v) is 15.0. The van der Waals surface area contributed by atoms with Gasteiger partial charge in [-0.05, 0) is 52.7 Å². The molecule has 6 nitrogen and oxygen atoms in total. The average molecular weight is 407 g/mol. The maximum Gasteiger partial charge on any atom is 0.243 e. The normalized spacial score (nSPS) is 10.7. The summed E-state index contributed by atoms with van der Waals surface area (Å²) in [6.07, 6.45) is 2.74. The van der Waals surface area contributed by atoms with Gasteiger partial charge in [-0.2, -0.15) is 5.10 Å². The Balaban J connectivity index is 1.43. The van der Waals surface area contributed by atoms with E-state index in [1.165, 1.54) is 0 Å². The van der Waals surface area contributed by atoms with Crippen molar-refractivity contribution >= 4 is 55.7 Å². The maximum absolute atomic E-state index is 11.9. The van der Waals surface area contributed by atoms with E-state index < -0.39 is 0 Å². The number of anilines is 1. The Bertz CT molecular complexity index is 874. The van der Waals surface area contributed by atoms with Crippen molar-refractivity contribution in [2.45, 2.75) is 12.8 Å². The molecular weight excluding hydrogens is 392 g/mol. The standard InChI is InChI=1S/C16H15BrN4O2S/c17-14-5-3-12(24-14)4-6-15(22)18-9-16(23)20-11-2-1-10-8-19-21-13(10)7-11/h1-3,5,7-8H,4,6,9H2,(H,18,22)(H,19,21)(H,20,23). The summed E-state index contributed by atoms with van der Waals surface area (Å²) in [5, 5.41) is 13.1. The van der Waals surface area contributed by atoms with Crippen LogP contribution in [-0.4, -0.2) is 28.6 Å². The highest BCUT2D eigenvalue weighted by Gasteiger charge is 2.08. The number of fused-ring (bicyclic) bond motifs is 1. The number of aromatic amines is 1. The van der Waals surface area contributed by atoms with Crippen molar-refractivity contribution < 1.29 is 9.59 Å². The minimum absolute atomic E-state index is 0.0476. The van der Waals surface area contributed by atoms with Gasteiger partial charge < -0.3 is 10.6 Å². The summed E-state index contributed by atoms with van der Waals surface area (Å²) in [6.45, 7) is -0.0476. The lowest BCUT2D eigenvalue weighted by Crippen LogP contribution is -2.32. The Morgan fingerprint density at radius 3 is 2.88 bits per heavy atom. The number of benzene rings is 1. The molecule has 24 heavy (non-hydrogen) atoms. The smallest absolute Gasteiger partial charge is 0.243 e. The molecule has 0 aliphatic rings. The molecule has 1 aromatic carbocycles. The monoisotopic (exact) mass is 406 g/mol. The van der Waals surface area contributed by atoms with E-state index in [1.54, 1.807) is 29.7 Å². The van der Waals surface area contributed by atoms with Crippen molar-refractivity contribution in [3.63, 3.8) is 0 Å². The summed E-state index contributed by atoms with van der Waals surface area (Å²) in [6, 6.07) is 9.41. The number of halogens is 1. The SMILES string of the molecule is O=C(CCc1ccc(Br)s1)NCC(=O)Nc1ccc2cn[nH]c2c1. The molecule has 0 spiro atoms. The summed E-state index contributed by atoms with van der Waals surface area (Å²) in [5.74, 6) is -0.403. The van der Waals surface area contributed by atoms with E-state index in [0.29, 0.717) is 18.5 Å². The highest BCUT2D eigenvalue weighted by atomic mass is 79.9. The van der Waals surface area contributed by atoms with Gasteiger partial charge in [0.25, 0.3) is 0 Å². The zero-order chi connectivity index (χ0) is 16.9. The van der Waals surface area contributed by atoms with Crippen molar-refractivity contribution in [3.8, 4) is 0 Å². The number of carbonyl (C=O) groups excluding carboxylic acids is 2. The first kappa shape index (κ1) is 16.7. The number of rotatable bonds is 6. The third-order valence-corrected chi connectivity index (χ3v) is 5.08. The predicted octanol–water partition coefficient (Wildman–Crippen LogP) is 3.07. The number of thiophene rings is 1. The minimum atomic E-state index is -0.263. The Labute approximate surface area is 150 Å². The van der Waals surface area contributed by atoms with Gasteiger partial charge in [-0.15, -0.1) is 11.3 Å². The lowest BCUT2D eigenvalue weighted by atomic mass is 10.2. The van der Waals surface area contributed by atoms with Gasteiger partial charge in [0.15, 0.2) is 0 Å². The van der Waals surface area contributed by atoms with Crippen LogP contribution in [0.2, 0.25) is 0 Å². The molecule has 124 valence electrons. The van der Waals surface area contributed by atoms with Crippen molar-refractivity contribution in [2.75, 3.05) is 11.9 Å². The Morgan fingerprint density at radius 2 is 2.08 bits per heavy atom. The van der Waals surface area contributed by atoms with Crippen LogP contribution >= 0.6 is 27.3 Å². The van der Waals surface area contributed by atoms with Crippen molar-refractivity contribution in [1.82, 2.24) is 15.5 Å². The van der Waals surface area contributed by atoms with Gasteiger partial charge in [0.2, 0.25) is 11.8 Å². The second-order valence-electron chi connectivity index (χ2n) is 5.20. The lowest BCUT2D eigenvalue weighted by molar-refractivity contribution is -0.124. The van der Waals surface area contributed by atoms with Crippen LogP contribution in [0.4, 0.5) is 5.69 Å². The number of H-pyrrole nitrogens is 1. The van der Waals surface area contributed by atoms with Gasteiger partial charge in [-0.25, -0.2) is 0 Å². The Morgan fingerprint density at radius 1 is 1.21 bits per heavy atom. The molecule has 0 bridgehead atoms. The molecule has 2 aromatic heterocycles. The van der Waals surface area contributed by atoms with Gasteiger partial charge >= 0.3 is 0 Å². The van der Waals surface area contributed by atoms with E-state index in [0.717, 1.165) is 19.6 Å². The largest absolute Gasteiger partial charge is 0.347 e. The van der Waals surface area contributed by atoms with Gasteiger partial charge in [-0.1, -0.05) is 0 Å². The third kappa shape index (κ3) is 4.42. The summed E-state index contributed by atoms with van der Waals surface area (Å²) >= 11 is 5.00. The van der Waals surface area contributed by atoms with E-state index in [-0.39, 0.29) is 18.4 Å². The lowest BCUT2D eigenvalue weighted by Gasteiger charge is -2.07. The number of hydrogen-bond donors (Lipinski definition) is 3. The van der Waals surface area contributed by atoms with Crippen LogP contribution in [0.15, 0.2) is 40.3 Å². The maximum atomic E-state index is 11.9. The molecule has 8 heteroatoms. The molecule has 2 amide bonds. The van der Waals surface area contributed by atoms with Crippen LogP contribution < -0.4 is 10.6 Å². The van der Waals surface area contributed by atoms with Crippen LogP contribution in [0.5, 0.6) is 0 Å². The molecule has 0 fully saturated rings. The molecule has 3 N–H and O–H groups in total. The molecule has 3 rings (SSSR count). The number of nitrogens with zero attached hydrogens (tertiary/aromatic N) is 1. The van der Waals surface area contributed by atoms with Crippen LogP contribution in [-0.2, 0) is 16.0 Å². The molecular formula is C16H15BrN4O2S. The molecule has 0 unspecified atom stereocenters. The van der Waals surface area contributed by atoms with Crippen molar-refractivity contribution in [2.24, 2.45) is 0 Å². The van der Waals surface area contributed by atoms with Gasteiger partial charge in [0.1, 0.15) is 0 Å². The fourth-order valence-corrected chi connectivity index (χ4v) is 3.69. The molecule has 3 aromatic rings. The van der Waals surface area contributed by atoms with E-state index in [9.17, 15) is 9.59 Å². The fraction of sp³-hybridized carbons (Fsp3) is 0.188.